The zero-order valence-corrected chi connectivity index (χ0v) is 13.3. The molecule has 1 aliphatic carbocycles. The number of carbonyl (C=O) groups excluding carboxylic acids is 2. The summed E-state index contributed by atoms with van der Waals surface area (Å²) in [6, 6.07) is 2.33. The minimum atomic E-state index is -0.247. The highest BCUT2D eigenvalue weighted by Crippen LogP contribution is 2.30. The van der Waals surface area contributed by atoms with Gasteiger partial charge in [-0.15, -0.1) is 0 Å². The van der Waals surface area contributed by atoms with Crippen LogP contribution in [0.5, 0.6) is 0 Å². The topological polar surface area (TPSA) is 67.2 Å². The van der Waals surface area contributed by atoms with Crippen molar-refractivity contribution in [2.75, 3.05) is 11.9 Å². The van der Waals surface area contributed by atoms with Crippen LogP contribution in [-0.2, 0) is 9.59 Å². The first kappa shape index (κ1) is 15.1. The van der Waals surface area contributed by atoms with Gasteiger partial charge in [0.25, 0.3) is 0 Å². The molecule has 3 rings (SSSR count). The SMILES string of the molecule is CC(C)n1nccc1NC(=O)[C@@H]1CC(=O)N(C2CCCC2)C1. The fourth-order valence-corrected chi connectivity index (χ4v) is 3.53. The van der Waals surface area contributed by atoms with Crippen LogP contribution in [0.15, 0.2) is 12.3 Å². The van der Waals surface area contributed by atoms with Crippen molar-refractivity contribution in [1.29, 1.82) is 0 Å². The van der Waals surface area contributed by atoms with Crippen LogP contribution < -0.4 is 5.32 Å². The van der Waals surface area contributed by atoms with Crippen molar-refractivity contribution in [3.63, 3.8) is 0 Å². The highest BCUT2D eigenvalue weighted by Gasteiger charge is 2.38. The summed E-state index contributed by atoms with van der Waals surface area (Å²) in [6.07, 6.45) is 6.57. The van der Waals surface area contributed by atoms with Gasteiger partial charge in [-0.1, -0.05) is 12.8 Å². The summed E-state index contributed by atoms with van der Waals surface area (Å²) < 4.78 is 1.78. The van der Waals surface area contributed by atoms with Crippen LogP contribution >= 0.6 is 0 Å². The van der Waals surface area contributed by atoms with Crippen LogP contribution in [-0.4, -0.2) is 39.1 Å². The zero-order chi connectivity index (χ0) is 15.7. The van der Waals surface area contributed by atoms with Crippen LogP contribution in [0.2, 0.25) is 0 Å². The summed E-state index contributed by atoms with van der Waals surface area (Å²) in [4.78, 5) is 26.6. The molecule has 1 aliphatic heterocycles. The molecule has 120 valence electrons. The Kier molecular flexibility index (Phi) is 4.18. The number of nitrogens with zero attached hydrogens (tertiary/aromatic N) is 3. The second-order valence-electron chi connectivity index (χ2n) is 6.63. The van der Waals surface area contributed by atoms with Crippen LogP contribution in [0.4, 0.5) is 5.82 Å². The van der Waals surface area contributed by atoms with Crippen molar-refractivity contribution >= 4 is 17.6 Å². The lowest BCUT2D eigenvalue weighted by molar-refractivity contribution is -0.129. The van der Waals surface area contributed by atoms with Crippen LogP contribution in [0.3, 0.4) is 0 Å². The number of rotatable bonds is 4. The minimum Gasteiger partial charge on any atom is -0.339 e. The summed E-state index contributed by atoms with van der Waals surface area (Å²) in [5.74, 6) is 0.510. The van der Waals surface area contributed by atoms with Gasteiger partial charge in [-0.25, -0.2) is 4.68 Å². The second kappa shape index (κ2) is 6.10. The number of aromatic nitrogens is 2. The second-order valence-corrected chi connectivity index (χ2v) is 6.63. The van der Waals surface area contributed by atoms with Gasteiger partial charge >= 0.3 is 0 Å². The molecular weight excluding hydrogens is 280 g/mol. The van der Waals surface area contributed by atoms with Gasteiger partial charge in [0.05, 0.1) is 12.1 Å². The number of likely N-dealkylation sites (tertiary alicyclic amines) is 1. The molecule has 2 fully saturated rings. The van der Waals surface area contributed by atoms with E-state index in [1.54, 1.807) is 16.9 Å². The molecule has 1 atom stereocenters. The molecule has 0 unspecified atom stereocenters. The molecule has 1 aromatic heterocycles. The minimum absolute atomic E-state index is 0.0729. The summed E-state index contributed by atoms with van der Waals surface area (Å²) in [5, 5.41) is 7.14. The van der Waals surface area contributed by atoms with Crippen molar-refractivity contribution in [3.8, 4) is 0 Å². The molecule has 6 heteroatoms. The van der Waals surface area contributed by atoms with Gasteiger partial charge in [-0.2, -0.15) is 5.10 Å². The van der Waals surface area contributed by atoms with E-state index < -0.39 is 0 Å². The number of hydrogen-bond donors (Lipinski definition) is 1. The molecule has 1 aromatic rings. The Bertz CT molecular complexity index is 560. The molecule has 2 amide bonds. The quantitative estimate of drug-likeness (QED) is 0.927. The molecule has 6 nitrogen and oxygen atoms in total. The lowest BCUT2D eigenvalue weighted by Crippen LogP contribution is -2.35. The van der Waals surface area contributed by atoms with Gasteiger partial charge < -0.3 is 10.2 Å². The van der Waals surface area contributed by atoms with E-state index in [1.807, 2.05) is 18.7 Å². The van der Waals surface area contributed by atoms with E-state index in [2.05, 4.69) is 10.4 Å². The Balaban J connectivity index is 1.63. The predicted octanol–water partition coefficient (Wildman–Crippen LogP) is 2.19. The molecule has 0 spiro atoms. The Morgan fingerprint density at radius 2 is 2.09 bits per heavy atom. The first-order valence-corrected chi connectivity index (χ1v) is 8.20. The number of amides is 2. The van der Waals surface area contributed by atoms with Crippen molar-refractivity contribution in [2.24, 2.45) is 5.92 Å². The van der Waals surface area contributed by atoms with E-state index in [0.717, 1.165) is 12.8 Å². The predicted molar refractivity (Wildman–Crippen MR) is 83.3 cm³/mol. The first-order chi connectivity index (χ1) is 10.6. The standard InChI is InChI=1S/C16H24N4O2/c1-11(2)20-14(7-8-17-20)18-16(22)12-9-15(21)19(10-12)13-5-3-4-6-13/h7-8,11-13H,3-6,9-10H2,1-2H3,(H,18,22)/t12-/m1/s1. The average molecular weight is 304 g/mol. The molecule has 2 heterocycles. The maximum atomic E-state index is 12.5. The summed E-state index contributed by atoms with van der Waals surface area (Å²) in [7, 11) is 0. The summed E-state index contributed by atoms with van der Waals surface area (Å²) >= 11 is 0. The number of nitrogens with one attached hydrogen (secondary N) is 1. The molecule has 1 saturated carbocycles. The number of carbonyl (C=O) groups is 2. The number of hydrogen-bond acceptors (Lipinski definition) is 3. The van der Waals surface area contributed by atoms with Crippen molar-refractivity contribution in [3.05, 3.63) is 12.3 Å². The van der Waals surface area contributed by atoms with Crippen LogP contribution in [0.25, 0.3) is 0 Å². The molecule has 0 radical (unpaired) electrons. The van der Waals surface area contributed by atoms with Crippen LogP contribution in [0.1, 0.15) is 52.0 Å². The highest BCUT2D eigenvalue weighted by molar-refractivity contribution is 5.96. The van der Waals surface area contributed by atoms with Gasteiger partial charge in [0.15, 0.2) is 0 Å². The Hall–Kier alpha value is -1.85. The van der Waals surface area contributed by atoms with Crippen molar-refractivity contribution in [2.45, 2.75) is 58.0 Å². The van der Waals surface area contributed by atoms with E-state index in [0.29, 0.717) is 24.8 Å². The summed E-state index contributed by atoms with van der Waals surface area (Å²) in [6.45, 7) is 4.60. The molecule has 2 aliphatic rings. The third-order valence-electron chi connectivity index (χ3n) is 4.71. The van der Waals surface area contributed by atoms with Gasteiger partial charge in [0.1, 0.15) is 5.82 Å². The lowest BCUT2D eigenvalue weighted by atomic mass is 10.1. The smallest absolute Gasteiger partial charge is 0.230 e. The monoisotopic (exact) mass is 304 g/mol. The average Bonchev–Trinajstić information content (AvgIpc) is 3.17. The number of anilines is 1. The largest absolute Gasteiger partial charge is 0.339 e. The Morgan fingerprint density at radius 3 is 2.77 bits per heavy atom. The fraction of sp³-hybridized carbons (Fsp3) is 0.688. The molecule has 0 aromatic carbocycles. The van der Waals surface area contributed by atoms with Gasteiger partial charge in [0, 0.05) is 31.1 Å². The molecule has 22 heavy (non-hydrogen) atoms. The van der Waals surface area contributed by atoms with Crippen molar-refractivity contribution < 1.29 is 9.59 Å². The van der Waals surface area contributed by atoms with Gasteiger partial charge in [-0.05, 0) is 26.7 Å². The summed E-state index contributed by atoms with van der Waals surface area (Å²) in [5.41, 5.74) is 0. The lowest BCUT2D eigenvalue weighted by Gasteiger charge is -2.23. The maximum Gasteiger partial charge on any atom is 0.230 e. The van der Waals surface area contributed by atoms with E-state index in [9.17, 15) is 9.59 Å². The third kappa shape index (κ3) is 2.87. The van der Waals surface area contributed by atoms with Gasteiger partial charge in [0.2, 0.25) is 11.8 Å². The molecule has 1 N–H and O–H groups in total. The van der Waals surface area contributed by atoms with E-state index in [1.165, 1.54) is 12.8 Å². The molecule has 1 saturated heterocycles. The fourth-order valence-electron chi connectivity index (χ4n) is 3.53. The zero-order valence-electron chi connectivity index (χ0n) is 13.3. The maximum absolute atomic E-state index is 12.5. The van der Waals surface area contributed by atoms with Gasteiger partial charge in [-0.3, -0.25) is 9.59 Å². The van der Waals surface area contributed by atoms with E-state index in [4.69, 9.17) is 0 Å². The Labute approximate surface area is 130 Å². The Morgan fingerprint density at radius 1 is 1.36 bits per heavy atom. The highest BCUT2D eigenvalue weighted by atomic mass is 16.2. The molecule has 0 bridgehead atoms. The van der Waals surface area contributed by atoms with Crippen LogP contribution in [0, 0.1) is 5.92 Å². The normalized spacial score (nSPS) is 22.8. The van der Waals surface area contributed by atoms with Crippen molar-refractivity contribution in [1.82, 2.24) is 14.7 Å². The van der Waals surface area contributed by atoms with E-state index >= 15 is 0 Å². The van der Waals surface area contributed by atoms with E-state index in [-0.39, 0.29) is 23.8 Å². The first-order valence-electron chi connectivity index (χ1n) is 8.20. The molecular formula is C16H24N4O2. The third-order valence-corrected chi connectivity index (χ3v) is 4.71.